The molecule has 0 unspecified atom stereocenters. The van der Waals surface area contributed by atoms with Gasteiger partial charge in [0.2, 0.25) is 11.8 Å². The van der Waals surface area contributed by atoms with Crippen molar-refractivity contribution in [1.82, 2.24) is 5.32 Å². The second-order valence-corrected chi connectivity index (χ2v) is 6.44. The van der Waals surface area contributed by atoms with Gasteiger partial charge in [-0.05, 0) is 42.3 Å². The van der Waals surface area contributed by atoms with Crippen molar-refractivity contribution in [3.63, 3.8) is 0 Å². The van der Waals surface area contributed by atoms with E-state index in [9.17, 15) is 9.59 Å². The van der Waals surface area contributed by atoms with E-state index in [4.69, 9.17) is 21.1 Å². The highest BCUT2D eigenvalue weighted by atomic mass is 35.5. The summed E-state index contributed by atoms with van der Waals surface area (Å²) in [7, 11) is 3.12. The SMILES string of the molecule is COc1ccc(CNC(=O)CN(C(C)=O)c2cc(Cl)ccc2C)cc1OC. The Hall–Kier alpha value is -2.73. The third-order valence-electron chi connectivity index (χ3n) is 4.08. The van der Waals surface area contributed by atoms with E-state index >= 15 is 0 Å². The Morgan fingerprint density at radius 1 is 1.07 bits per heavy atom. The van der Waals surface area contributed by atoms with Crippen LogP contribution in [0.2, 0.25) is 5.02 Å². The van der Waals surface area contributed by atoms with Crippen molar-refractivity contribution in [2.24, 2.45) is 0 Å². The van der Waals surface area contributed by atoms with Crippen molar-refractivity contribution in [2.45, 2.75) is 20.4 Å². The fourth-order valence-electron chi connectivity index (χ4n) is 2.63. The number of rotatable bonds is 7. The topological polar surface area (TPSA) is 67.9 Å². The molecule has 0 saturated carbocycles. The Labute approximate surface area is 164 Å². The molecule has 2 aromatic carbocycles. The maximum atomic E-state index is 12.4. The molecule has 2 rings (SSSR count). The minimum Gasteiger partial charge on any atom is -0.493 e. The monoisotopic (exact) mass is 390 g/mol. The summed E-state index contributed by atoms with van der Waals surface area (Å²) in [5, 5.41) is 3.32. The number of nitrogens with one attached hydrogen (secondary N) is 1. The first-order chi connectivity index (χ1) is 12.8. The molecule has 27 heavy (non-hydrogen) atoms. The van der Waals surface area contributed by atoms with Gasteiger partial charge in [-0.2, -0.15) is 0 Å². The van der Waals surface area contributed by atoms with Gasteiger partial charge in [-0.3, -0.25) is 9.59 Å². The Bertz CT molecular complexity index is 839. The van der Waals surface area contributed by atoms with E-state index in [1.807, 2.05) is 19.1 Å². The van der Waals surface area contributed by atoms with E-state index in [2.05, 4.69) is 5.32 Å². The maximum absolute atomic E-state index is 12.4. The molecular weight excluding hydrogens is 368 g/mol. The summed E-state index contributed by atoms with van der Waals surface area (Å²) in [5.74, 6) is 0.692. The second-order valence-electron chi connectivity index (χ2n) is 6.00. The van der Waals surface area contributed by atoms with E-state index in [0.717, 1.165) is 11.1 Å². The zero-order valence-electron chi connectivity index (χ0n) is 15.8. The Kier molecular flexibility index (Phi) is 7.07. The molecular formula is C20H23ClN2O4. The molecule has 0 fully saturated rings. The zero-order valence-corrected chi connectivity index (χ0v) is 16.6. The van der Waals surface area contributed by atoms with Crippen LogP contribution in [-0.2, 0) is 16.1 Å². The fourth-order valence-corrected chi connectivity index (χ4v) is 2.80. The number of methoxy groups -OCH3 is 2. The average molecular weight is 391 g/mol. The summed E-state index contributed by atoms with van der Waals surface area (Å²) in [4.78, 5) is 25.8. The van der Waals surface area contributed by atoms with Gasteiger partial charge in [0.15, 0.2) is 11.5 Å². The quantitative estimate of drug-likeness (QED) is 0.787. The molecule has 0 spiro atoms. The molecule has 2 amide bonds. The van der Waals surface area contributed by atoms with Crippen LogP contribution in [-0.4, -0.2) is 32.6 Å². The van der Waals surface area contributed by atoms with Crippen LogP contribution >= 0.6 is 11.6 Å². The molecule has 7 heteroatoms. The van der Waals surface area contributed by atoms with Crippen molar-refractivity contribution < 1.29 is 19.1 Å². The lowest BCUT2D eigenvalue weighted by Gasteiger charge is -2.23. The number of amides is 2. The first-order valence-electron chi connectivity index (χ1n) is 8.37. The Morgan fingerprint density at radius 2 is 1.78 bits per heavy atom. The predicted octanol–water partition coefficient (Wildman–Crippen LogP) is 3.33. The molecule has 0 atom stereocenters. The summed E-state index contributed by atoms with van der Waals surface area (Å²) in [6, 6.07) is 10.6. The van der Waals surface area contributed by atoms with Gasteiger partial charge in [0.25, 0.3) is 0 Å². The molecule has 0 aliphatic carbocycles. The molecule has 0 aromatic heterocycles. The minimum absolute atomic E-state index is 0.0934. The van der Waals surface area contributed by atoms with Gasteiger partial charge >= 0.3 is 0 Å². The molecule has 1 N–H and O–H groups in total. The van der Waals surface area contributed by atoms with Crippen molar-refractivity contribution in [2.75, 3.05) is 25.7 Å². The molecule has 144 valence electrons. The summed E-state index contributed by atoms with van der Waals surface area (Å²) < 4.78 is 10.5. The van der Waals surface area contributed by atoms with E-state index in [0.29, 0.717) is 28.8 Å². The molecule has 0 aliphatic heterocycles. The van der Waals surface area contributed by atoms with Crippen LogP contribution in [0.3, 0.4) is 0 Å². The molecule has 2 aromatic rings. The summed E-state index contributed by atoms with van der Waals surface area (Å²) in [6.45, 7) is 3.49. The first-order valence-corrected chi connectivity index (χ1v) is 8.75. The molecule has 0 bridgehead atoms. The van der Waals surface area contributed by atoms with Crippen molar-refractivity contribution in [1.29, 1.82) is 0 Å². The molecule has 0 saturated heterocycles. The lowest BCUT2D eigenvalue weighted by atomic mass is 10.1. The number of benzene rings is 2. The van der Waals surface area contributed by atoms with Gasteiger partial charge in [0.05, 0.1) is 14.2 Å². The fraction of sp³-hybridized carbons (Fsp3) is 0.300. The van der Waals surface area contributed by atoms with Crippen LogP contribution in [0.5, 0.6) is 11.5 Å². The van der Waals surface area contributed by atoms with Crippen LogP contribution in [0.4, 0.5) is 5.69 Å². The predicted molar refractivity (Wildman–Crippen MR) is 106 cm³/mol. The van der Waals surface area contributed by atoms with E-state index in [-0.39, 0.29) is 18.4 Å². The van der Waals surface area contributed by atoms with Gasteiger partial charge in [0, 0.05) is 24.2 Å². The lowest BCUT2D eigenvalue weighted by Crippen LogP contribution is -2.40. The average Bonchev–Trinajstić information content (AvgIpc) is 2.66. The van der Waals surface area contributed by atoms with Crippen LogP contribution in [0.15, 0.2) is 36.4 Å². The van der Waals surface area contributed by atoms with E-state index in [1.54, 1.807) is 38.5 Å². The van der Waals surface area contributed by atoms with Gasteiger partial charge in [-0.25, -0.2) is 0 Å². The maximum Gasteiger partial charge on any atom is 0.240 e. The molecule has 0 radical (unpaired) electrons. The summed E-state index contributed by atoms with van der Waals surface area (Å²) >= 11 is 6.04. The smallest absolute Gasteiger partial charge is 0.240 e. The molecule has 6 nitrogen and oxygen atoms in total. The van der Waals surface area contributed by atoms with Crippen molar-refractivity contribution in [3.05, 3.63) is 52.5 Å². The largest absolute Gasteiger partial charge is 0.493 e. The van der Waals surface area contributed by atoms with Gasteiger partial charge < -0.3 is 19.7 Å². The number of carbonyl (C=O) groups is 2. The standard InChI is InChI=1S/C20H23ClN2O4/c1-13-5-7-16(21)10-17(13)23(14(2)24)12-20(25)22-11-15-6-8-18(26-3)19(9-15)27-4/h5-10H,11-12H2,1-4H3,(H,22,25). The number of aryl methyl sites for hydroxylation is 1. The number of hydrogen-bond acceptors (Lipinski definition) is 4. The number of ether oxygens (including phenoxy) is 2. The summed E-state index contributed by atoms with van der Waals surface area (Å²) in [5.41, 5.74) is 2.34. The number of anilines is 1. The van der Waals surface area contributed by atoms with Gasteiger partial charge in [-0.1, -0.05) is 23.7 Å². The number of hydrogen-bond donors (Lipinski definition) is 1. The number of carbonyl (C=O) groups excluding carboxylic acids is 2. The lowest BCUT2D eigenvalue weighted by molar-refractivity contribution is -0.123. The van der Waals surface area contributed by atoms with Crippen LogP contribution < -0.4 is 19.7 Å². The minimum atomic E-state index is -0.278. The molecule has 0 heterocycles. The number of halogens is 1. The highest BCUT2D eigenvalue weighted by Crippen LogP contribution is 2.27. The second kappa shape index (κ2) is 9.28. The van der Waals surface area contributed by atoms with Crippen molar-refractivity contribution >= 4 is 29.1 Å². The first kappa shape index (κ1) is 20.6. The van der Waals surface area contributed by atoms with E-state index in [1.165, 1.54) is 11.8 Å². The van der Waals surface area contributed by atoms with Crippen LogP contribution in [0, 0.1) is 6.92 Å². The van der Waals surface area contributed by atoms with Crippen LogP contribution in [0.25, 0.3) is 0 Å². The third-order valence-corrected chi connectivity index (χ3v) is 4.32. The third kappa shape index (κ3) is 5.37. The Morgan fingerprint density at radius 3 is 2.41 bits per heavy atom. The normalized spacial score (nSPS) is 10.3. The summed E-state index contributed by atoms with van der Waals surface area (Å²) in [6.07, 6.45) is 0. The van der Waals surface area contributed by atoms with Gasteiger partial charge in [0.1, 0.15) is 6.54 Å². The highest BCUT2D eigenvalue weighted by Gasteiger charge is 2.18. The van der Waals surface area contributed by atoms with E-state index < -0.39 is 0 Å². The Balaban J connectivity index is 2.07. The van der Waals surface area contributed by atoms with Gasteiger partial charge in [-0.15, -0.1) is 0 Å². The van der Waals surface area contributed by atoms with Crippen LogP contribution in [0.1, 0.15) is 18.1 Å². The number of nitrogens with zero attached hydrogens (tertiary/aromatic N) is 1. The zero-order chi connectivity index (χ0) is 20.0. The molecule has 0 aliphatic rings. The van der Waals surface area contributed by atoms with Crippen molar-refractivity contribution in [3.8, 4) is 11.5 Å². The highest BCUT2D eigenvalue weighted by molar-refractivity contribution is 6.31.